The third-order valence-electron chi connectivity index (χ3n) is 5.40. The van der Waals surface area contributed by atoms with Gasteiger partial charge in [-0.15, -0.1) is 0 Å². The summed E-state index contributed by atoms with van der Waals surface area (Å²) in [5, 5.41) is 8.71. The van der Waals surface area contributed by atoms with Gasteiger partial charge in [-0.1, -0.05) is 30.3 Å². The molecular weight excluding hydrogens is 460 g/mol. The van der Waals surface area contributed by atoms with E-state index in [1.165, 1.54) is 0 Å². The molecule has 4 rings (SSSR count). The van der Waals surface area contributed by atoms with E-state index in [9.17, 15) is 9.59 Å². The van der Waals surface area contributed by atoms with E-state index in [0.29, 0.717) is 39.6 Å². The number of para-hydroxylation sites is 3. The fourth-order valence-corrected chi connectivity index (χ4v) is 3.58. The number of nitrogens with one attached hydrogen (secondary N) is 3. The molecule has 0 atom stereocenters. The van der Waals surface area contributed by atoms with E-state index in [-0.39, 0.29) is 6.54 Å². The SMILES string of the molecule is COc1cc2nccc(Oc3ccccc3NC(=O)NC(=O)CNc3ccccc3C)c2cc1OC. The van der Waals surface area contributed by atoms with Crippen molar-refractivity contribution in [2.75, 3.05) is 31.4 Å². The van der Waals surface area contributed by atoms with Crippen LogP contribution >= 0.6 is 0 Å². The van der Waals surface area contributed by atoms with Crippen LogP contribution in [0, 0.1) is 6.92 Å². The Morgan fingerprint density at radius 1 is 0.833 bits per heavy atom. The van der Waals surface area contributed by atoms with Gasteiger partial charge in [0, 0.05) is 23.3 Å². The minimum atomic E-state index is -0.673. The van der Waals surface area contributed by atoms with Crippen LogP contribution in [0.5, 0.6) is 23.0 Å². The summed E-state index contributed by atoms with van der Waals surface area (Å²) in [4.78, 5) is 29.2. The molecule has 3 aromatic carbocycles. The Balaban J connectivity index is 1.46. The van der Waals surface area contributed by atoms with Crippen LogP contribution in [0.1, 0.15) is 5.56 Å². The van der Waals surface area contributed by atoms with Gasteiger partial charge in [-0.25, -0.2) is 4.79 Å². The van der Waals surface area contributed by atoms with Gasteiger partial charge in [0.2, 0.25) is 5.91 Å². The van der Waals surface area contributed by atoms with Crippen LogP contribution < -0.4 is 30.2 Å². The highest BCUT2D eigenvalue weighted by molar-refractivity contribution is 6.03. The second-order valence-corrected chi connectivity index (χ2v) is 7.80. The van der Waals surface area contributed by atoms with E-state index in [1.54, 1.807) is 62.9 Å². The number of ether oxygens (including phenoxy) is 3. The summed E-state index contributed by atoms with van der Waals surface area (Å²) < 4.78 is 16.9. The van der Waals surface area contributed by atoms with Crippen LogP contribution in [-0.2, 0) is 4.79 Å². The fraction of sp³-hybridized carbons (Fsp3) is 0.148. The molecule has 184 valence electrons. The maximum absolute atomic E-state index is 12.5. The third kappa shape index (κ3) is 5.64. The molecule has 36 heavy (non-hydrogen) atoms. The van der Waals surface area contributed by atoms with Crippen LogP contribution in [0.25, 0.3) is 10.9 Å². The van der Waals surface area contributed by atoms with Crippen molar-refractivity contribution in [2.45, 2.75) is 6.92 Å². The Kier molecular flexibility index (Phi) is 7.50. The highest BCUT2D eigenvalue weighted by Gasteiger charge is 2.15. The molecule has 0 aliphatic heterocycles. The van der Waals surface area contributed by atoms with E-state index in [1.807, 2.05) is 31.2 Å². The monoisotopic (exact) mass is 486 g/mol. The zero-order chi connectivity index (χ0) is 25.5. The predicted molar refractivity (Wildman–Crippen MR) is 138 cm³/mol. The van der Waals surface area contributed by atoms with E-state index < -0.39 is 11.9 Å². The number of nitrogens with zero attached hydrogens (tertiary/aromatic N) is 1. The Hall–Kier alpha value is -4.79. The number of benzene rings is 3. The lowest BCUT2D eigenvalue weighted by molar-refractivity contribution is -0.118. The molecule has 1 aromatic heterocycles. The molecule has 1 heterocycles. The molecule has 0 saturated heterocycles. The van der Waals surface area contributed by atoms with Gasteiger partial charge < -0.3 is 24.8 Å². The average Bonchev–Trinajstić information content (AvgIpc) is 2.88. The van der Waals surface area contributed by atoms with Gasteiger partial charge in [-0.3, -0.25) is 15.1 Å². The first kappa shape index (κ1) is 24.3. The number of anilines is 2. The summed E-state index contributed by atoms with van der Waals surface area (Å²) in [5.41, 5.74) is 2.87. The smallest absolute Gasteiger partial charge is 0.326 e. The Bertz CT molecular complexity index is 1410. The van der Waals surface area contributed by atoms with Crippen molar-refractivity contribution in [2.24, 2.45) is 0 Å². The topological polar surface area (TPSA) is 111 Å². The van der Waals surface area contributed by atoms with Crippen LogP contribution in [0.2, 0.25) is 0 Å². The molecule has 4 aromatic rings. The van der Waals surface area contributed by atoms with E-state index >= 15 is 0 Å². The molecule has 0 fully saturated rings. The molecule has 0 bridgehead atoms. The van der Waals surface area contributed by atoms with Gasteiger partial charge in [0.15, 0.2) is 17.2 Å². The number of amides is 3. The number of methoxy groups -OCH3 is 2. The van der Waals surface area contributed by atoms with E-state index in [4.69, 9.17) is 14.2 Å². The standard InChI is InChI=1S/C27H26N4O5/c1-17-8-4-5-9-19(17)29-16-26(32)31-27(33)30-20-10-6-7-11-23(20)36-22-12-13-28-21-15-25(35-3)24(34-2)14-18(21)22/h4-15,29H,16H2,1-3H3,(H2,30,31,32,33). The quantitative estimate of drug-likeness (QED) is 0.317. The molecule has 0 aliphatic rings. The molecule has 3 amide bonds. The molecule has 9 heteroatoms. The lowest BCUT2D eigenvalue weighted by Gasteiger charge is -2.15. The van der Waals surface area contributed by atoms with Crippen molar-refractivity contribution < 1.29 is 23.8 Å². The number of urea groups is 1. The number of aromatic nitrogens is 1. The van der Waals surface area contributed by atoms with Crippen molar-refractivity contribution in [1.82, 2.24) is 10.3 Å². The van der Waals surface area contributed by atoms with Gasteiger partial charge in [-0.05, 0) is 42.8 Å². The number of carbonyl (C=O) groups is 2. The molecule has 3 N–H and O–H groups in total. The van der Waals surface area contributed by atoms with Gasteiger partial charge in [-0.2, -0.15) is 0 Å². The Labute approximate surface area is 208 Å². The molecule has 0 aliphatic carbocycles. The van der Waals surface area contributed by atoms with Crippen molar-refractivity contribution in [3.63, 3.8) is 0 Å². The Morgan fingerprint density at radius 2 is 1.53 bits per heavy atom. The lowest BCUT2D eigenvalue weighted by Crippen LogP contribution is -2.38. The minimum absolute atomic E-state index is 0.0509. The van der Waals surface area contributed by atoms with Crippen LogP contribution in [-0.4, -0.2) is 37.7 Å². The normalized spacial score (nSPS) is 10.4. The summed E-state index contributed by atoms with van der Waals surface area (Å²) in [6.07, 6.45) is 1.62. The first-order valence-corrected chi connectivity index (χ1v) is 11.2. The number of hydrogen-bond acceptors (Lipinski definition) is 7. The van der Waals surface area contributed by atoms with Crippen LogP contribution in [0.3, 0.4) is 0 Å². The van der Waals surface area contributed by atoms with Crippen LogP contribution in [0.15, 0.2) is 72.9 Å². The summed E-state index contributed by atoms with van der Waals surface area (Å²) >= 11 is 0. The van der Waals surface area contributed by atoms with Gasteiger partial charge >= 0.3 is 6.03 Å². The molecule has 0 saturated carbocycles. The third-order valence-corrected chi connectivity index (χ3v) is 5.40. The van der Waals surface area contributed by atoms with Crippen LogP contribution in [0.4, 0.5) is 16.2 Å². The fourth-order valence-electron chi connectivity index (χ4n) is 3.58. The molecule has 9 nitrogen and oxygen atoms in total. The van der Waals surface area contributed by atoms with Crippen molar-refractivity contribution in [3.05, 3.63) is 78.5 Å². The summed E-state index contributed by atoms with van der Waals surface area (Å²) in [6, 6.07) is 19.1. The summed E-state index contributed by atoms with van der Waals surface area (Å²) in [5.74, 6) is 1.51. The molecule has 0 radical (unpaired) electrons. The molecule has 0 unspecified atom stereocenters. The minimum Gasteiger partial charge on any atom is -0.493 e. The summed E-state index contributed by atoms with van der Waals surface area (Å²) in [7, 11) is 3.11. The number of fused-ring (bicyclic) bond motifs is 1. The van der Waals surface area contributed by atoms with Gasteiger partial charge in [0.05, 0.1) is 32.0 Å². The number of carbonyl (C=O) groups excluding carboxylic acids is 2. The highest BCUT2D eigenvalue weighted by Crippen LogP contribution is 2.38. The zero-order valence-corrected chi connectivity index (χ0v) is 20.1. The second kappa shape index (κ2) is 11.1. The molecule has 0 spiro atoms. The number of imide groups is 1. The maximum Gasteiger partial charge on any atom is 0.326 e. The number of pyridine rings is 1. The first-order valence-electron chi connectivity index (χ1n) is 11.2. The van der Waals surface area contributed by atoms with Gasteiger partial charge in [0.1, 0.15) is 5.75 Å². The Morgan fingerprint density at radius 3 is 2.28 bits per heavy atom. The second-order valence-electron chi connectivity index (χ2n) is 7.80. The van der Waals surface area contributed by atoms with Gasteiger partial charge in [0.25, 0.3) is 0 Å². The van der Waals surface area contributed by atoms with Crippen molar-refractivity contribution in [3.8, 4) is 23.0 Å². The van der Waals surface area contributed by atoms with Crippen molar-refractivity contribution >= 4 is 34.2 Å². The maximum atomic E-state index is 12.5. The lowest BCUT2D eigenvalue weighted by atomic mass is 10.1. The van der Waals surface area contributed by atoms with E-state index in [2.05, 4.69) is 20.9 Å². The zero-order valence-electron chi connectivity index (χ0n) is 20.1. The number of aryl methyl sites for hydroxylation is 1. The number of hydrogen-bond donors (Lipinski definition) is 3. The first-order chi connectivity index (χ1) is 17.5. The highest BCUT2D eigenvalue weighted by atomic mass is 16.5. The predicted octanol–water partition coefficient (Wildman–Crippen LogP) is 5.11. The largest absolute Gasteiger partial charge is 0.493 e. The van der Waals surface area contributed by atoms with Crippen molar-refractivity contribution in [1.29, 1.82) is 0 Å². The number of rotatable bonds is 8. The van der Waals surface area contributed by atoms with E-state index in [0.717, 1.165) is 11.3 Å². The molecular formula is C27H26N4O5. The average molecular weight is 487 g/mol. The summed E-state index contributed by atoms with van der Waals surface area (Å²) in [6.45, 7) is 1.88.